The van der Waals surface area contributed by atoms with E-state index in [2.05, 4.69) is 36.5 Å². The highest BCUT2D eigenvalue weighted by molar-refractivity contribution is 8.93. The number of rotatable bonds is 2. The van der Waals surface area contributed by atoms with Gasteiger partial charge in [0.05, 0.1) is 0 Å². The van der Waals surface area contributed by atoms with E-state index >= 15 is 0 Å². The van der Waals surface area contributed by atoms with Crippen LogP contribution in [0.4, 0.5) is 0 Å². The van der Waals surface area contributed by atoms with Gasteiger partial charge in [-0.25, -0.2) is 0 Å². The van der Waals surface area contributed by atoms with Crippen LogP contribution in [0.15, 0.2) is 36.5 Å². The maximum absolute atomic E-state index is 2.47. The van der Waals surface area contributed by atoms with Crippen molar-refractivity contribution in [2.75, 3.05) is 0 Å². The minimum atomic E-state index is 0. The molecular formula is C14H26Br6. The van der Waals surface area contributed by atoms with Crippen LogP contribution in [-0.4, -0.2) is 0 Å². The molecule has 0 fully saturated rings. The van der Waals surface area contributed by atoms with Gasteiger partial charge in [-0.2, -0.15) is 0 Å². The third kappa shape index (κ3) is 13.7. The zero-order valence-corrected chi connectivity index (χ0v) is 21.6. The molecule has 2 atom stereocenters. The van der Waals surface area contributed by atoms with Crippen molar-refractivity contribution in [1.29, 1.82) is 0 Å². The molecule has 0 aromatic heterocycles. The summed E-state index contributed by atoms with van der Waals surface area (Å²) in [6.45, 7) is 0. The second-order valence-corrected chi connectivity index (χ2v) is 4.47. The lowest BCUT2D eigenvalue weighted by Gasteiger charge is -2.16. The van der Waals surface area contributed by atoms with Gasteiger partial charge in [-0.1, -0.05) is 36.5 Å². The van der Waals surface area contributed by atoms with Crippen molar-refractivity contribution in [3.8, 4) is 0 Å². The fraction of sp³-hybridized carbons (Fsp3) is 0.571. The second-order valence-electron chi connectivity index (χ2n) is 4.47. The standard InChI is InChI=1S/C14H20.6BrH/c1-3-7-13(8-4-1)11-12-14-9-5-2-6-10-14;;;;;;/h1-3,5,11-14H,4,6-10H2;6*1H/b12-11+;;;;;;. The van der Waals surface area contributed by atoms with E-state index in [1.807, 2.05) is 0 Å². The number of hydrogen-bond donors (Lipinski definition) is 0. The van der Waals surface area contributed by atoms with E-state index in [1.165, 1.54) is 38.5 Å². The van der Waals surface area contributed by atoms with Gasteiger partial charge in [-0.3, -0.25) is 0 Å². The fourth-order valence-corrected chi connectivity index (χ4v) is 2.30. The van der Waals surface area contributed by atoms with Crippen molar-refractivity contribution in [1.82, 2.24) is 0 Å². The van der Waals surface area contributed by atoms with Crippen LogP contribution in [0.2, 0.25) is 0 Å². The number of allylic oxidation sites excluding steroid dienone is 6. The summed E-state index contributed by atoms with van der Waals surface area (Å²) >= 11 is 0. The van der Waals surface area contributed by atoms with E-state index in [0.29, 0.717) is 0 Å². The molecule has 0 nitrogen and oxygen atoms in total. The Labute approximate surface area is 186 Å². The van der Waals surface area contributed by atoms with E-state index in [0.717, 1.165) is 11.8 Å². The monoisotopic (exact) mass is 668 g/mol. The molecule has 0 saturated carbocycles. The number of hydrogen-bond acceptors (Lipinski definition) is 0. The topological polar surface area (TPSA) is 0 Å². The minimum absolute atomic E-state index is 0. The lowest BCUT2D eigenvalue weighted by Crippen LogP contribution is -2.02. The van der Waals surface area contributed by atoms with Gasteiger partial charge >= 0.3 is 0 Å². The van der Waals surface area contributed by atoms with Crippen LogP contribution in [0.25, 0.3) is 0 Å². The fourth-order valence-electron chi connectivity index (χ4n) is 2.30. The van der Waals surface area contributed by atoms with Crippen molar-refractivity contribution in [2.24, 2.45) is 11.8 Å². The lowest BCUT2D eigenvalue weighted by molar-refractivity contribution is 0.553. The molecule has 2 rings (SSSR count). The summed E-state index contributed by atoms with van der Waals surface area (Å²) in [5, 5.41) is 0. The first kappa shape index (κ1) is 33.6. The van der Waals surface area contributed by atoms with Gasteiger partial charge in [0.25, 0.3) is 0 Å². The van der Waals surface area contributed by atoms with Crippen LogP contribution in [0.5, 0.6) is 0 Å². The first-order chi connectivity index (χ1) is 6.95. The van der Waals surface area contributed by atoms with E-state index in [1.54, 1.807) is 0 Å². The minimum Gasteiger partial charge on any atom is -0.114 e. The van der Waals surface area contributed by atoms with E-state index in [4.69, 9.17) is 0 Å². The molecule has 0 aliphatic heterocycles. The summed E-state index contributed by atoms with van der Waals surface area (Å²) < 4.78 is 0. The summed E-state index contributed by atoms with van der Waals surface area (Å²) in [5.41, 5.74) is 0. The molecule has 0 aromatic rings. The Hall–Kier alpha value is 2.10. The van der Waals surface area contributed by atoms with Crippen molar-refractivity contribution < 1.29 is 0 Å². The predicted molar refractivity (Wildman–Crippen MR) is 124 cm³/mol. The first-order valence-electron chi connectivity index (χ1n) is 5.93. The van der Waals surface area contributed by atoms with Crippen LogP contribution in [0, 0.1) is 11.8 Å². The van der Waals surface area contributed by atoms with Crippen LogP contribution in [0.1, 0.15) is 38.5 Å². The van der Waals surface area contributed by atoms with E-state index < -0.39 is 0 Å². The summed E-state index contributed by atoms with van der Waals surface area (Å²) in [5.74, 6) is 1.65. The maximum Gasteiger partial charge on any atom is -0.0196 e. The van der Waals surface area contributed by atoms with Gasteiger partial charge in [0.15, 0.2) is 0 Å². The molecule has 0 amide bonds. The van der Waals surface area contributed by atoms with Crippen molar-refractivity contribution in [3.05, 3.63) is 36.5 Å². The van der Waals surface area contributed by atoms with Gasteiger partial charge in [-0.05, 0) is 50.4 Å². The molecule has 2 unspecified atom stereocenters. The van der Waals surface area contributed by atoms with Gasteiger partial charge in [-0.15, -0.1) is 102 Å². The SMILES string of the molecule is Br.Br.Br.Br.Br.Br.C1=CCC(/C=C/C2CC=CCC2)CC1. The smallest absolute Gasteiger partial charge is 0.0196 e. The average Bonchev–Trinajstić information content (AvgIpc) is 2.29. The van der Waals surface area contributed by atoms with Crippen molar-refractivity contribution in [3.63, 3.8) is 0 Å². The molecule has 0 aromatic carbocycles. The summed E-state index contributed by atoms with van der Waals surface area (Å²) in [7, 11) is 0. The zero-order chi connectivity index (χ0) is 9.64. The van der Waals surface area contributed by atoms with Gasteiger partial charge in [0.1, 0.15) is 0 Å². The van der Waals surface area contributed by atoms with Crippen LogP contribution < -0.4 is 0 Å². The normalized spacial score (nSPS) is 22.8. The third-order valence-electron chi connectivity index (χ3n) is 3.27. The van der Waals surface area contributed by atoms with E-state index in [-0.39, 0.29) is 102 Å². The summed E-state index contributed by atoms with van der Waals surface area (Å²) in [4.78, 5) is 0. The molecule has 0 radical (unpaired) electrons. The van der Waals surface area contributed by atoms with Crippen LogP contribution in [0.3, 0.4) is 0 Å². The summed E-state index contributed by atoms with van der Waals surface area (Å²) in [6.07, 6.45) is 22.0. The molecule has 0 N–H and O–H groups in total. The molecular weight excluding hydrogens is 648 g/mol. The molecule has 0 spiro atoms. The maximum atomic E-state index is 2.47. The quantitative estimate of drug-likeness (QED) is 0.264. The average molecular weight is 674 g/mol. The molecule has 124 valence electrons. The highest BCUT2D eigenvalue weighted by atomic mass is 79.9. The van der Waals surface area contributed by atoms with Crippen LogP contribution in [-0.2, 0) is 0 Å². The van der Waals surface area contributed by atoms with E-state index in [9.17, 15) is 0 Å². The van der Waals surface area contributed by atoms with Gasteiger partial charge in [0, 0.05) is 0 Å². The largest absolute Gasteiger partial charge is 0.114 e. The van der Waals surface area contributed by atoms with Crippen LogP contribution >= 0.6 is 102 Å². The second kappa shape index (κ2) is 21.1. The molecule has 2 aliphatic rings. The molecule has 0 heterocycles. The molecule has 20 heavy (non-hydrogen) atoms. The first-order valence-corrected chi connectivity index (χ1v) is 5.93. The Morgan fingerprint density at radius 3 is 1.15 bits per heavy atom. The lowest BCUT2D eigenvalue weighted by atomic mass is 9.89. The zero-order valence-electron chi connectivity index (χ0n) is 11.3. The highest BCUT2D eigenvalue weighted by Crippen LogP contribution is 2.23. The van der Waals surface area contributed by atoms with Gasteiger partial charge < -0.3 is 0 Å². The molecule has 0 saturated heterocycles. The Morgan fingerprint density at radius 2 is 0.900 bits per heavy atom. The Balaban J connectivity index is -0.000000125. The number of halogens is 6. The van der Waals surface area contributed by atoms with Crippen molar-refractivity contribution in [2.45, 2.75) is 38.5 Å². The van der Waals surface area contributed by atoms with Gasteiger partial charge in [0.2, 0.25) is 0 Å². The predicted octanol–water partition coefficient (Wildman–Crippen LogP) is 7.72. The van der Waals surface area contributed by atoms with Crippen molar-refractivity contribution >= 4 is 102 Å². The third-order valence-corrected chi connectivity index (χ3v) is 3.27. The molecule has 0 bridgehead atoms. The molecule has 6 heteroatoms. The Bertz CT molecular complexity index is 236. The Morgan fingerprint density at radius 1 is 0.550 bits per heavy atom. The highest BCUT2D eigenvalue weighted by Gasteiger charge is 2.08. The Kier molecular flexibility index (Phi) is 35.5. The summed E-state index contributed by atoms with van der Waals surface area (Å²) in [6, 6.07) is 0. The molecule has 2 aliphatic carbocycles.